The molecule has 2 heterocycles. The first-order valence-electron chi connectivity index (χ1n) is 7.65. The van der Waals surface area contributed by atoms with Gasteiger partial charge >= 0.3 is 11.9 Å². The van der Waals surface area contributed by atoms with Gasteiger partial charge in [-0.05, 0) is 43.7 Å². The molecule has 0 fully saturated rings. The van der Waals surface area contributed by atoms with Crippen molar-refractivity contribution in [3.05, 3.63) is 64.6 Å². The van der Waals surface area contributed by atoms with E-state index in [1.807, 2.05) is 13.0 Å². The number of hydrogen-bond donors (Lipinski definition) is 3. The van der Waals surface area contributed by atoms with Crippen LogP contribution in [0.25, 0.3) is 5.65 Å². The summed E-state index contributed by atoms with van der Waals surface area (Å²) in [5, 5.41) is 20.8. The topological polar surface area (TPSA) is 121 Å². The van der Waals surface area contributed by atoms with E-state index in [0.717, 1.165) is 11.6 Å². The summed E-state index contributed by atoms with van der Waals surface area (Å²) < 4.78 is 1.64. The highest BCUT2D eigenvalue weighted by Gasteiger charge is 2.19. The molecular formula is C18H15N3O5. The number of anilines is 1. The van der Waals surface area contributed by atoms with Gasteiger partial charge in [0.05, 0.1) is 16.8 Å². The minimum absolute atomic E-state index is 0.0781. The fraction of sp³-hybridized carbons (Fsp3) is 0.111. The van der Waals surface area contributed by atoms with Gasteiger partial charge in [0.25, 0.3) is 5.91 Å². The number of carbonyl (C=O) groups excluding carboxylic acids is 1. The SMILES string of the molecule is Cc1nc2c(C)cccn2c1C(=O)Nc1cc(C(=O)O)cc(C(=O)O)c1. The van der Waals surface area contributed by atoms with E-state index in [1.165, 1.54) is 12.1 Å². The summed E-state index contributed by atoms with van der Waals surface area (Å²) in [5.41, 5.74) is 1.95. The Morgan fingerprint density at radius 2 is 1.65 bits per heavy atom. The summed E-state index contributed by atoms with van der Waals surface area (Å²) in [6, 6.07) is 7.10. The Morgan fingerprint density at radius 3 is 2.23 bits per heavy atom. The van der Waals surface area contributed by atoms with Crippen LogP contribution in [0, 0.1) is 13.8 Å². The first-order valence-corrected chi connectivity index (χ1v) is 7.65. The number of hydrogen-bond acceptors (Lipinski definition) is 4. The van der Waals surface area contributed by atoms with Crippen molar-refractivity contribution in [3.8, 4) is 0 Å². The van der Waals surface area contributed by atoms with Crippen molar-refractivity contribution in [2.24, 2.45) is 0 Å². The van der Waals surface area contributed by atoms with Crippen molar-refractivity contribution in [1.82, 2.24) is 9.38 Å². The Morgan fingerprint density at radius 1 is 1.04 bits per heavy atom. The highest BCUT2D eigenvalue weighted by atomic mass is 16.4. The fourth-order valence-electron chi connectivity index (χ4n) is 2.73. The Bertz CT molecular complexity index is 1040. The highest BCUT2D eigenvalue weighted by molar-refractivity contribution is 6.06. The lowest BCUT2D eigenvalue weighted by atomic mass is 10.1. The van der Waals surface area contributed by atoms with Crippen LogP contribution in [-0.2, 0) is 0 Å². The molecule has 3 aromatic rings. The minimum atomic E-state index is -1.29. The second kappa shape index (κ2) is 6.32. The fourth-order valence-corrected chi connectivity index (χ4v) is 2.73. The number of nitrogens with one attached hydrogen (secondary N) is 1. The number of aryl methyl sites for hydroxylation is 2. The molecular weight excluding hydrogens is 338 g/mol. The van der Waals surface area contributed by atoms with Crippen LogP contribution < -0.4 is 5.32 Å². The van der Waals surface area contributed by atoms with Crippen molar-refractivity contribution in [1.29, 1.82) is 0 Å². The van der Waals surface area contributed by atoms with E-state index >= 15 is 0 Å². The summed E-state index contributed by atoms with van der Waals surface area (Å²) >= 11 is 0. The maximum atomic E-state index is 12.7. The maximum absolute atomic E-state index is 12.7. The molecule has 2 aromatic heterocycles. The van der Waals surface area contributed by atoms with Crippen molar-refractivity contribution in [2.75, 3.05) is 5.32 Å². The molecule has 3 N–H and O–H groups in total. The monoisotopic (exact) mass is 353 g/mol. The van der Waals surface area contributed by atoms with E-state index in [-0.39, 0.29) is 16.8 Å². The summed E-state index contributed by atoms with van der Waals surface area (Å²) in [5.74, 6) is -3.09. The normalized spacial score (nSPS) is 10.7. The van der Waals surface area contributed by atoms with Crippen LogP contribution in [0.15, 0.2) is 36.5 Å². The lowest BCUT2D eigenvalue weighted by molar-refractivity contribution is 0.0696. The van der Waals surface area contributed by atoms with Crippen molar-refractivity contribution in [2.45, 2.75) is 13.8 Å². The first kappa shape index (κ1) is 17.2. The van der Waals surface area contributed by atoms with Crippen LogP contribution in [0.2, 0.25) is 0 Å². The van der Waals surface area contributed by atoms with E-state index in [1.54, 1.807) is 23.6 Å². The van der Waals surface area contributed by atoms with Crippen LogP contribution in [0.4, 0.5) is 5.69 Å². The zero-order chi connectivity index (χ0) is 19.0. The quantitative estimate of drug-likeness (QED) is 0.663. The molecule has 26 heavy (non-hydrogen) atoms. The summed E-state index contributed by atoms with van der Waals surface area (Å²) in [6.45, 7) is 3.57. The second-order valence-corrected chi connectivity index (χ2v) is 5.79. The first-order chi connectivity index (χ1) is 12.3. The molecule has 1 aromatic carbocycles. The molecule has 0 radical (unpaired) electrons. The van der Waals surface area contributed by atoms with E-state index in [2.05, 4.69) is 10.3 Å². The summed E-state index contributed by atoms with van der Waals surface area (Å²) in [4.78, 5) is 39.5. The number of carbonyl (C=O) groups is 3. The number of nitrogens with zero attached hydrogens (tertiary/aromatic N) is 2. The molecule has 0 aliphatic carbocycles. The number of fused-ring (bicyclic) bond motifs is 1. The van der Waals surface area contributed by atoms with Gasteiger partial charge < -0.3 is 15.5 Å². The largest absolute Gasteiger partial charge is 0.478 e. The standard InChI is InChI=1S/C18H15N3O5/c1-9-4-3-5-21-14(10(2)19-15(9)21)16(22)20-13-7-11(17(23)24)6-12(8-13)18(25)26/h3-8H,1-2H3,(H,20,22)(H,23,24)(H,25,26). The minimum Gasteiger partial charge on any atom is -0.478 e. The van der Waals surface area contributed by atoms with Gasteiger partial charge in [0.2, 0.25) is 0 Å². The number of benzene rings is 1. The second-order valence-electron chi connectivity index (χ2n) is 5.79. The van der Waals surface area contributed by atoms with E-state index in [0.29, 0.717) is 17.0 Å². The van der Waals surface area contributed by atoms with E-state index in [9.17, 15) is 14.4 Å². The lowest BCUT2D eigenvalue weighted by Crippen LogP contribution is -2.16. The predicted molar refractivity (Wildman–Crippen MR) is 93.0 cm³/mol. The molecule has 8 heteroatoms. The molecule has 0 bridgehead atoms. The molecule has 0 aliphatic rings. The van der Waals surface area contributed by atoms with Crippen molar-refractivity contribution >= 4 is 29.2 Å². The summed E-state index contributed by atoms with van der Waals surface area (Å²) in [6.07, 6.45) is 1.70. The highest BCUT2D eigenvalue weighted by Crippen LogP contribution is 2.19. The molecule has 0 saturated carbocycles. The number of carboxylic acids is 2. The molecule has 8 nitrogen and oxygen atoms in total. The number of aromatic carboxylic acids is 2. The molecule has 0 spiro atoms. The zero-order valence-corrected chi connectivity index (χ0v) is 14.0. The number of aromatic nitrogens is 2. The van der Waals surface area contributed by atoms with Gasteiger partial charge in [0, 0.05) is 11.9 Å². The number of carboxylic acid groups (broad SMARTS) is 2. The summed E-state index contributed by atoms with van der Waals surface area (Å²) in [7, 11) is 0. The molecule has 3 rings (SSSR count). The van der Waals surface area contributed by atoms with E-state index < -0.39 is 17.8 Å². The molecule has 0 aliphatic heterocycles. The predicted octanol–water partition coefficient (Wildman–Crippen LogP) is 2.60. The molecule has 0 saturated heterocycles. The van der Waals surface area contributed by atoms with Crippen LogP contribution in [0.3, 0.4) is 0 Å². The number of imidazole rings is 1. The third kappa shape index (κ3) is 3.00. The number of amides is 1. The third-order valence-corrected chi connectivity index (χ3v) is 3.92. The maximum Gasteiger partial charge on any atom is 0.335 e. The van der Waals surface area contributed by atoms with Gasteiger partial charge in [0.15, 0.2) is 0 Å². The molecule has 0 atom stereocenters. The van der Waals surface area contributed by atoms with Gasteiger partial charge in [-0.15, -0.1) is 0 Å². The lowest BCUT2D eigenvalue weighted by Gasteiger charge is -2.08. The van der Waals surface area contributed by atoms with Gasteiger partial charge in [-0.3, -0.25) is 9.20 Å². The Labute approximate surface area is 147 Å². The molecule has 1 amide bonds. The van der Waals surface area contributed by atoms with Crippen LogP contribution >= 0.6 is 0 Å². The van der Waals surface area contributed by atoms with E-state index in [4.69, 9.17) is 10.2 Å². The molecule has 0 unspecified atom stereocenters. The Kier molecular flexibility index (Phi) is 4.17. The Balaban J connectivity index is 2.04. The van der Waals surface area contributed by atoms with Gasteiger partial charge in [0.1, 0.15) is 11.3 Å². The van der Waals surface area contributed by atoms with Gasteiger partial charge in [-0.25, -0.2) is 14.6 Å². The zero-order valence-electron chi connectivity index (χ0n) is 14.0. The van der Waals surface area contributed by atoms with Crippen molar-refractivity contribution < 1.29 is 24.6 Å². The molecule has 132 valence electrons. The third-order valence-electron chi connectivity index (χ3n) is 3.92. The number of pyridine rings is 1. The van der Waals surface area contributed by atoms with Gasteiger partial charge in [-0.1, -0.05) is 6.07 Å². The average Bonchev–Trinajstić information content (AvgIpc) is 2.92. The van der Waals surface area contributed by atoms with Gasteiger partial charge in [-0.2, -0.15) is 0 Å². The smallest absolute Gasteiger partial charge is 0.335 e. The Hall–Kier alpha value is -3.68. The average molecular weight is 353 g/mol. The van der Waals surface area contributed by atoms with Crippen LogP contribution in [0.5, 0.6) is 0 Å². The van der Waals surface area contributed by atoms with Crippen LogP contribution in [-0.4, -0.2) is 37.4 Å². The van der Waals surface area contributed by atoms with Crippen molar-refractivity contribution in [3.63, 3.8) is 0 Å². The number of rotatable bonds is 4. The van der Waals surface area contributed by atoms with Crippen LogP contribution in [0.1, 0.15) is 42.5 Å².